The molecule has 1 amide bonds. The Morgan fingerprint density at radius 3 is 2.50 bits per heavy atom. The van der Waals surface area contributed by atoms with Crippen LogP contribution in [-0.2, 0) is 6.54 Å². The van der Waals surface area contributed by atoms with Crippen molar-refractivity contribution < 1.29 is 14.3 Å². The van der Waals surface area contributed by atoms with Gasteiger partial charge in [-0.15, -0.1) is 0 Å². The lowest BCUT2D eigenvalue weighted by molar-refractivity contribution is 0.0773. The van der Waals surface area contributed by atoms with E-state index in [9.17, 15) is 4.79 Å². The average molecular weight is 356 g/mol. The molecule has 138 valence electrons. The first kappa shape index (κ1) is 19.3. The van der Waals surface area contributed by atoms with Crippen LogP contribution in [0, 0.1) is 11.3 Å². The van der Waals surface area contributed by atoms with E-state index in [1.165, 1.54) is 0 Å². The van der Waals surface area contributed by atoms with Gasteiger partial charge < -0.3 is 14.4 Å². The van der Waals surface area contributed by atoms with Crippen molar-refractivity contribution in [1.29, 1.82) is 5.26 Å². The van der Waals surface area contributed by atoms with Gasteiger partial charge in [-0.3, -0.25) is 9.48 Å². The van der Waals surface area contributed by atoms with Crippen LogP contribution < -0.4 is 9.47 Å². The molecule has 0 aliphatic rings. The summed E-state index contributed by atoms with van der Waals surface area (Å²) in [5.41, 5.74) is 1.84. The highest BCUT2D eigenvalue weighted by molar-refractivity contribution is 6.00. The fraction of sp³-hybridized carbons (Fsp3) is 0.421. The highest BCUT2D eigenvalue weighted by atomic mass is 16.5. The van der Waals surface area contributed by atoms with E-state index in [0.717, 1.165) is 5.56 Å². The minimum absolute atomic E-state index is 0.0806. The van der Waals surface area contributed by atoms with Crippen molar-refractivity contribution >= 4 is 5.91 Å². The van der Waals surface area contributed by atoms with E-state index in [4.69, 9.17) is 14.7 Å². The van der Waals surface area contributed by atoms with Crippen LogP contribution in [0.15, 0.2) is 24.4 Å². The third-order valence-corrected chi connectivity index (χ3v) is 4.15. The molecule has 2 aromatic rings. The Morgan fingerprint density at radius 1 is 1.23 bits per heavy atom. The van der Waals surface area contributed by atoms with Crippen molar-refractivity contribution in [3.05, 3.63) is 30.0 Å². The molecule has 7 nitrogen and oxygen atoms in total. The molecule has 0 fully saturated rings. The number of nitrogens with zero attached hydrogens (tertiary/aromatic N) is 4. The van der Waals surface area contributed by atoms with Gasteiger partial charge in [-0.05, 0) is 32.0 Å². The Kier molecular flexibility index (Phi) is 6.61. The molecule has 1 aromatic heterocycles. The molecule has 26 heavy (non-hydrogen) atoms. The largest absolute Gasteiger partial charge is 0.493 e. The number of nitriles is 1. The molecule has 2 rings (SSSR count). The summed E-state index contributed by atoms with van der Waals surface area (Å²) in [6, 6.07) is 7.53. The van der Waals surface area contributed by atoms with Crippen LogP contribution in [0.3, 0.4) is 0 Å². The Bertz CT molecular complexity index is 804. The third-order valence-electron chi connectivity index (χ3n) is 4.15. The van der Waals surface area contributed by atoms with Crippen LogP contribution in [0.2, 0.25) is 0 Å². The van der Waals surface area contributed by atoms with Gasteiger partial charge in [-0.2, -0.15) is 10.4 Å². The molecule has 0 atom stereocenters. The number of hydrogen-bond acceptors (Lipinski definition) is 5. The third kappa shape index (κ3) is 3.97. The van der Waals surface area contributed by atoms with Crippen LogP contribution in [0.1, 0.15) is 30.6 Å². The number of amides is 1. The van der Waals surface area contributed by atoms with Crippen LogP contribution in [0.4, 0.5) is 0 Å². The Morgan fingerprint density at radius 2 is 1.92 bits per heavy atom. The summed E-state index contributed by atoms with van der Waals surface area (Å²) in [4.78, 5) is 14.7. The molecule has 0 bridgehead atoms. The second-order valence-electron chi connectivity index (χ2n) is 5.61. The predicted octanol–water partition coefficient (Wildman–Crippen LogP) is 2.96. The molecular weight excluding hydrogens is 332 g/mol. The number of carbonyl (C=O) groups excluding carboxylic acids is 1. The van der Waals surface area contributed by atoms with Crippen molar-refractivity contribution in [2.45, 2.75) is 26.8 Å². The second kappa shape index (κ2) is 8.90. The normalized spacial score (nSPS) is 10.3. The topological polar surface area (TPSA) is 80.4 Å². The standard InChI is InChI=1S/C19H24N4O3/c1-5-22(6-2)19(24)15-13-23(11-7-10-20)21-18(15)14-8-9-16(25-3)17(12-14)26-4/h8-9,12-13H,5-7,11H2,1-4H3. The number of benzene rings is 1. The zero-order chi connectivity index (χ0) is 19.1. The molecule has 0 saturated carbocycles. The highest BCUT2D eigenvalue weighted by Crippen LogP contribution is 2.33. The van der Waals surface area contributed by atoms with Gasteiger partial charge >= 0.3 is 0 Å². The minimum atomic E-state index is -0.0806. The fourth-order valence-electron chi connectivity index (χ4n) is 2.73. The summed E-state index contributed by atoms with van der Waals surface area (Å²) in [6.45, 7) is 5.55. The number of ether oxygens (including phenoxy) is 2. The van der Waals surface area contributed by atoms with E-state index in [1.54, 1.807) is 42.1 Å². The zero-order valence-electron chi connectivity index (χ0n) is 15.7. The van der Waals surface area contributed by atoms with Crippen molar-refractivity contribution in [3.8, 4) is 28.8 Å². The molecule has 0 spiro atoms. The van der Waals surface area contributed by atoms with Gasteiger partial charge in [-0.25, -0.2) is 0 Å². The number of hydrogen-bond donors (Lipinski definition) is 0. The summed E-state index contributed by atoms with van der Waals surface area (Å²) in [5.74, 6) is 1.09. The van der Waals surface area contributed by atoms with E-state index in [-0.39, 0.29) is 5.91 Å². The second-order valence-corrected chi connectivity index (χ2v) is 5.61. The summed E-state index contributed by atoms with van der Waals surface area (Å²) >= 11 is 0. The smallest absolute Gasteiger partial charge is 0.257 e. The van der Waals surface area contributed by atoms with Crippen LogP contribution in [0.25, 0.3) is 11.3 Å². The van der Waals surface area contributed by atoms with Crippen LogP contribution >= 0.6 is 0 Å². The number of aryl methyl sites for hydroxylation is 1. The molecule has 0 radical (unpaired) electrons. The summed E-state index contributed by atoms with van der Waals surface area (Å²) in [5, 5.41) is 13.4. The van der Waals surface area contributed by atoms with Gasteiger partial charge in [0.2, 0.25) is 0 Å². The first-order valence-electron chi connectivity index (χ1n) is 8.55. The quantitative estimate of drug-likeness (QED) is 0.726. The van der Waals surface area contributed by atoms with E-state index < -0.39 is 0 Å². The number of aromatic nitrogens is 2. The van der Waals surface area contributed by atoms with Gasteiger partial charge in [0.25, 0.3) is 5.91 Å². The van der Waals surface area contributed by atoms with E-state index in [1.807, 2.05) is 19.9 Å². The van der Waals surface area contributed by atoms with Gasteiger partial charge in [0, 0.05) is 24.8 Å². The lowest BCUT2D eigenvalue weighted by atomic mass is 10.1. The predicted molar refractivity (Wildman–Crippen MR) is 98.2 cm³/mol. The Hall–Kier alpha value is -3.01. The Balaban J connectivity index is 2.53. The van der Waals surface area contributed by atoms with Crippen molar-refractivity contribution in [1.82, 2.24) is 14.7 Å². The number of rotatable bonds is 8. The maximum absolute atomic E-state index is 12.9. The lowest BCUT2D eigenvalue weighted by Crippen LogP contribution is -2.30. The van der Waals surface area contributed by atoms with Crippen LogP contribution in [-0.4, -0.2) is 47.9 Å². The minimum Gasteiger partial charge on any atom is -0.493 e. The van der Waals surface area contributed by atoms with Gasteiger partial charge in [0.1, 0.15) is 5.69 Å². The zero-order valence-corrected chi connectivity index (χ0v) is 15.7. The average Bonchev–Trinajstić information content (AvgIpc) is 3.10. The molecule has 7 heteroatoms. The van der Waals surface area contributed by atoms with Gasteiger partial charge in [-0.1, -0.05) is 0 Å². The van der Waals surface area contributed by atoms with Crippen molar-refractivity contribution in [2.75, 3.05) is 27.3 Å². The summed E-state index contributed by atoms with van der Waals surface area (Å²) < 4.78 is 12.3. The van der Waals surface area contributed by atoms with E-state index >= 15 is 0 Å². The van der Waals surface area contributed by atoms with Crippen LogP contribution in [0.5, 0.6) is 11.5 Å². The molecule has 0 N–H and O–H groups in total. The lowest BCUT2D eigenvalue weighted by Gasteiger charge is -2.18. The maximum Gasteiger partial charge on any atom is 0.257 e. The molecule has 1 heterocycles. The SMILES string of the molecule is CCN(CC)C(=O)c1cn(CCC#N)nc1-c1ccc(OC)c(OC)c1. The molecule has 0 aliphatic heterocycles. The number of carbonyl (C=O) groups is 1. The summed E-state index contributed by atoms with van der Waals surface area (Å²) in [6.07, 6.45) is 2.04. The Labute approximate surface area is 153 Å². The monoisotopic (exact) mass is 356 g/mol. The summed E-state index contributed by atoms with van der Waals surface area (Å²) in [7, 11) is 3.14. The first-order chi connectivity index (χ1) is 12.6. The van der Waals surface area contributed by atoms with Crippen molar-refractivity contribution in [3.63, 3.8) is 0 Å². The molecule has 0 unspecified atom stereocenters. The molecule has 0 aliphatic carbocycles. The number of methoxy groups -OCH3 is 2. The van der Waals surface area contributed by atoms with Crippen molar-refractivity contribution in [2.24, 2.45) is 0 Å². The van der Waals surface area contributed by atoms with Gasteiger partial charge in [0.15, 0.2) is 11.5 Å². The van der Waals surface area contributed by atoms with E-state index in [0.29, 0.717) is 48.8 Å². The molecule has 0 saturated heterocycles. The molecule has 1 aromatic carbocycles. The fourth-order valence-corrected chi connectivity index (χ4v) is 2.73. The molecular formula is C19H24N4O3. The highest BCUT2D eigenvalue weighted by Gasteiger charge is 2.22. The maximum atomic E-state index is 12.9. The van der Waals surface area contributed by atoms with Gasteiger partial charge in [0.05, 0.1) is 38.8 Å². The van der Waals surface area contributed by atoms with E-state index in [2.05, 4.69) is 11.2 Å². The first-order valence-corrected chi connectivity index (χ1v) is 8.55.